The molecule has 0 spiro atoms. The number of esters is 6. The summed E-state index contributed by atoms with van der Waals surface area (Å²) >= 11 is 0. The number of allylic oxidation sites excluding steroid dienone is 8. The van der Waals surface area contributed by atoms with Crippen molar-refractivity contribution in [3.63, 3.8) is 0 Å². The maximum atomic E-state index is 12.8. The Kier molecular flexibility index (Phi) is 9.15. The molecule has 2 N–H and O–H groups in total. The first-order valence-corrected chi connectivity index (χ1v) is 14.0. The zero-order chi connectivity index (χ0) is 35.7. The van der Waals surface area contributed by atoms with Gasteiger partial charge in [-0.25, -0.2) is 28.8 Å². The van der Waals surface area contributed by atoms with E-state index in [0.29, 0.717) is 0 Å². The normalized spacial score (nSPS) is 27.4. The fraction of sp³-hybridized carbons (Fsp3) is 0.312. The number of rotatable bonds is 7. The third kappa shape index (κ3) is 7.32. The highest BCUT2D eigenvalue weighted by Crippen LogP contribution is 2.41. The van der Waals surface area contributed by atoms with Crippen molar-refractivity contribution >= 4 is 35.8 Å². The SMILES string of the molecule is CC1(C)OC(=O)C(=C/C=C/C=C/C2=C(O)OC(C)(C3(C)OC(=O)C(=C/C=C/C=C/C4=C(O)OC(C)(C)OC4=O)C(=O)O3)OC2=O)C(=O)O1. The highest BCUT2D eigenvalue weighted by molar-refractivity contribution is 6.16. The van der Waals surface area contributed by atoms with Gasteiger partial charge in [-0.1, -0.05) is 36.5 Å². The van der Waals surface area contributed by atoms with E-state index in [0.717, 1.165) is 32.1 Å². The van der Waals surface area contributed by atoms with Gasteiger partial charge in [-0.2, -0.15) is 0 Å². The quantitative estimate of drug-likeness (QED) is 0.131. The van der Waals surface area contributed by atoms with Gasteiger partial charge < -0.3 is 48.1 Å². The molecule has 2 fully saturated rings. The fourth-order valence-corrected chi connectivity index (χ4v) is 4.14. The van der Waals surface area contributed by atoms with E-state index in [1.54, 1.807) is 0 Å². The molecule has 2 saturated heterocycles. The van der Waals surface area contributed by atoms with Crippen LogP contribution in [0, 0.1) is 0 Å². The summed E-state index contributed by atoms with van der Waals surface area (Å²) in [5.41, 5.74) is -1.66. The van der Waals surface area contributed by atoms with Crippen molar-refractivity contribution in [2.45, 2.75) is 64.7 Å². The zero-order valence-corrected chi connectivity index (χ0v) is 26.4. The first-order chi connectivity index (χ1) is 22.3. The van der Waals surface area contributed by atoms with E-state index in [2.05, 4.69) is 0 Å². The van der Waals surface area contributed by atoms with E-state index < -0.39 is 82.0 Å². The lowest BCUT2D eigenvalue weighted by atomic mass is 10.1. The van der Waals surface area contributed by atoms with Gasteiger partial charge in [-0.05, 0) is 24.3 Å². The molecule has 0 aromatic heterocycles. The second-order valence-corrected chi connectivity index (χ2v) is 11.3. The Morgan fingerprint density at radius 3 is 1.19 bits per heavy atom. The van der Waals surface area contributed by atoms with Crippen LogP contribution in [0.25, 0.3) is 0 Å². The Morgan fingerprint density at radius 1 is 0.417 bits per heavy atom. The van der Waals surface area contributed by atoms with Gasteiger partial charge in [0.25, 0.3) is 23.5 Å². The number of carbonyl (C=O) groups excluding carboxylic acids is 6. The molecule has 16 heteroatoms. The van der Waals surface area contributed by atoms with Crippen LogP contribution in [0.1, 0.15) is 41.5 Å². The van der Waals surface area contributed by atoms with E-state index in [9.17, 15) is 39.0 Å². The molecule has 0 aromatic carbocycles. The average Bonchev–Trinajstić information content (AvgIpc) is 2.92. The van der Waals surface area contributed by atoms with Crippen molar-refractivity contribution in [1.29, 1.82) is 0 Å². The zero-order valence-electron chi connectivity index (χ0n) is 26.4. The Balaban J connectivity index is 1.41. The van der Waals surface area contributed by atoms with E-state index >= 15 is 0 Å². The van der Waals surface area contributed by atoms with Gasteiger partial charge in [-0.3, -0.25) is 0 Å². The lowest BCUT2D eigenvalue weighted by Gasteiger charge is -2.45. The maximum absolute atomic E-state index is 12.8. The van der Waals surface area contributed by atoms with E-state index in [-0.39, 0.29) is 11.1 Å². The van der Waals surface area contributed by atoms with Gasteiger partial charge in [-0.15, -0.1) is 0 Å². The lowest BCUT2D eigenvalue weighted by molar-refractivity contribution is -0.365. The van der Waals surface area contributed by atoms with E-state index in [1.807, 2.05) is 0 Å². The van der Waals surface area contributed by atoms with Gasteiger partial charge in [0.1, 0.15) is 22.3 Å². The monoisotopic (exact) mass is 670 g/mol. The summed E-state index contributed by atoms with van der Waals surface area (Å²) in [6, 6.07) is 0. The molecule has 254 valence electrons. The molecule has 0 aliphatic carbocycles. The Hall–Kier alpha value is -6.06. The van der Waals surface area contributed by atoms with Crippen molar-refractivity contribution in [2.24, 2.45) is 0 Å². The number of aliphatic hydroxyl groups is 2. The molecule has 4 aliphatic rings. The molecule has 4 rings (SSSR count). The highest BCUT2D eigenvalue weighted by atomic mass is 16.8. The molecule has 0 saturated carbocycles. The van der Waals surface area contributed by atoms with Crippen LogP contribution in [-0.2, 0) is 66.7 Å². The van der Waals surface area contributed by atoms with Crippen LogP contribution in [0.3, 0.4) is 0 Å². The fourth-order valence-electron chi connectivity index (χ4n) is 4.14. The number of aliphatic hydroxyl groups excluding tert-OH is 2. The van der Waals surface area contributed by atoms with Crippen molar-refractivity contribution in [2.75, 3.05) is 0 Å². The van der Waals surface area contributed by atoms with Crippen LogP contribution in [0.4, 0.5) is 0 Å². The molecule has 1 unspecified atom stereocenters. The molecule has 4 aliphatic heterocycles. The van der Waals surface area contributed by atoms with Crippen LogP contribution in [0.5, 0.6) is 0 Å². The second-order valence-electron chi connectivity index (χ2n) is 11.3. The predicted octanol–water partition coefficient (Wildman–Crippen LogP) is 2.85. The molecule has 1 atom stereocenters. The minimum absolute atomic E-state index is 0.264. The molecule has 0 aromatic rings. The van der Waals surface area contributed by atoms with Gasteiger partial charge in [0.05, 0.1) is 0 Å². The largest absolute Gasteiger partial charge is 0.480 e. The predicted molar refractivity (Wildman–Crippen MR) is 156 cm³/mol. The summed E-state index contributed by atoms with van der Waals surface area (Å²) in [5.74, 6) is -15.2. The number of cyclic esters (lactones) is 6. The maximum Gasteiger partial charge on any atom is 0.349 e. The number of carbonyl (C=O) groups is 6. The van der Waals surface area contributed by atoms with Crippen LogP contribution >= 0.6 is 0 Å². The molecule has 0 bridgehead atoms. The smallest absolute Gasteiger partial charge is 0.349 e. The van der Waals surface area contributed by atoms with Crippen molar-refractivity contribution in [3.8, 4) is 0 Å². The Labute approximate surface area is 272 Å². The minimum Gasteiger partial charge on any atom is -0.480 e. The third-order valence-corrected chi connectivity index (χ3v) is 6.61. The summed E-state index contributed by atoms with van der Waals surface area (Å²) in [5, 5.41) is 20.4. The third-order valence-electron chi connectivity index (χ3n) is 6.61. The molecule has 4 heterocycles. The van der Waals surface area contributed by atoms with Crippen LogP contribution < -0.4 is 0 Å². The first-order valence-electron chi connectivity index (χ1n) is 14.0. The van der Waals surface area contributed by atoms with Gasteiger partial charge >= 0.3 is 47.4 Å². The summed E-state index contributed by atoms with van der Waals surface area (Å²) in [4.78, 5) is 74.3. The molecule has 16 nitrogen and oxygen atoms in total. The lowest BCUT2D eigenvalue weighted by Crippen LogP contribution is -2.63. The van der Waals surface area contributed by atoms with Gasteiger partial charge in [0.15, 0.2) is 0 Å². The highest BCUT2D eigenvalue weighted by Gasteiger charge is 2.62. The molecular weight excluding hydrogens is 640 g/mol. The average molecular weight is 671 g/mol. The van der Waals surface area contributed by atoms with Crippen LogP contribution in [0.15, 0.2) is 94.9 Å². The van der Waals surface area contributed by atoms with Gasteiger partial charge in [0.2, 0.25) is 0 Å². The van der Waals surface area contributed by atoms with Gasteiger partial charge in [0, 0.05) is 41.5 Å². The molecule has 0 amide bonds. The molecule has 0 radical (unpaired) electrons. The standard InChI is InChI=1S/C32H30O16/c1-29(2)41-21(33)17(22(34)42-29)13-9-7-11-15-19-25(37)45-31(5,46-26(19)38)32(6)47-27(39)20(28(40)48-32)16-12-8-10-14-18-23(35)43-30(3,4)44-24(18)36/h7-16,33,39H,1-6H3/b10-8+,11-7+,13-9+,16-12+,19-15?. The number of hydrogen-bond donors (Lipinski definition) is 2. The second kappa shape index (κ2) is 12.6. The Bertz CT molecular complexity index is 1680. The topological polar surface area (TPSA) is 217 Å². The van der Waals surface area contributed by atoms with Crippen molar-refractivity contribution < 1.29 is 76.9 Å². The minimum atomic E-state index is -2.36. The van der Waals surface area contributed by atoms with Crippen molar-refractivity contribution in [1.82, 2.24) is 0 Å². The van der Waals surface area contributed by atoms with E-state index in [4.69, 9.17) is 37.9 Å². The van der Waals surface area contributed by atoms with E-state index in [1.165, 1.54) is 70.2 Å². The van der Waals surface area contributed by atoms with Crippen LogP contribution in [0.2, 0.25) is 0 Å². The van der Waals surface area contributed by atoms with Crippen molar-refractivity contribution in [3.05, 3.63) is 94.9 Å². The Morgan fingerprint density at radius 2 is 0.750 bits per heavy atom. The first kappa shape index (κ1) is 34.8. The molecular formula is C32H30O16. The summed E-state index contributed by atoms with van der Waals surface area (Å²) in [7, 11) is 0. The molecule has 48 heavy (non-hydrogen) atoms. The summed E-state index contributed by atoms with van der Waals surface area (Å²) in [6.07, 6.45) is 12.1. The number of ether oxygens (including phenoxy) is 8. The van der Waals surface area contributed by atoms with Crippen LogP contribution in [-0.4, -0.2) is 69.2 Å². The summed E-state index contributed by atoms with van der Waals surface area (Å²) in [6.45, 7) is 7.83. The number of hydrogen-bond acceptors (Lipinski definition) is 16. The summed E-state index contributed by atoms with van der Waals surface area (Å²) < 4.78 is 41.2.